The van der Waals surface area contributed by atoms with Crippen LogP contribution in [0.5, 0.6) is 0 Å². The number of carbonyl (C=O) groups excluding carboxylic acids is 1. The van der Waals surface area contributed by atoms with Crippen molar-refractivity contribution in [2.45, 2.75) is 25.6 Å². The highest BCUT2D eigenvalue weighted by Gasteiger charge is 2.31. The van der Waals surface area contributed by atoms with Gasteiger partial charge in [-0.15, -0.1) is 0 Å². The van der Waals surface area contributed by atoms with Gasteiger partial charge in [-0.1, -0.05) is 31.2 Å². The van der Waals surface area contributed by atoms with E-state index in [9.17, 15) is 18.0 Å². The van der Waals surface area contributed by atoms with Crippen molar-refractivity contribution in [1.29, 1.82) is 0 Å². The van der Waals surface area contributed by atoms with Crippen LogP contribution in [0.3, 0.4) is 0 Å². The van der Waals surface area contributed by atoms with Crippen LogP contribution in [0.15, 0.2) is 24.3 Å². The number of hydrogen-bond acceptors (Lipinski definition) is 3. The van der Waals surface area contributed by atoms with E-state index in [0.717, 1.165) is 12.0 Å². The lowest BCUT2D eigenvalue weighted by atomic mass is 10.0. The molecular weight excluding hydrogens is 309 g/mol. The van der Waals surface area contributed by atoms with E-state index >= 15 is 0 Å². The molecule has 0 bridgehead atoms. The zero-order valence-corrected chi connectivity index (χ0v) is 13.0. The van der Waals surface area contributed by atoms with Crippen LogP contribution in [-0.2, 0) is 16.0 Å². The fourth-order valence-electron chi connectivity index (χ4n) is 2.61. The summed E-state index contributed by atoms with van der Waals surface area (Å²) >= 11 is 0. The highest BCUT2D eigenvalue weighted by Crippen LogP contribution is 2.23. The van der Waals surface area contributed by atoms with Crippen molar-refractivity contribution < 1.29 is 22.7 Å². The Balaban J connectivity index is 2.00. The summed E-state index contributed by atoms with van der Waals surface area (Å²) in [6.07, 6.45) is -3.49. The maximum absolute atomic E-state index is 12.2. The lowest BCUT2D eigenvalue weighted by molar-refractivity contribution is -0.178. The monoisotopic (exact) mass is 330 g/mol. The van der Waals surface area contributed by atoms with Gasteiger partial charge in [-0.3, -0.25) is 4.79 Å². The van der Waals surface area contributed by atoms with Crippen molar-refractivity contribution in [2.75, 3.05) is 32.8 Å². The Kier molecular flexibility index (Phi) is 6.01. The first-order valence-corrected chi connectivity index (χ1v) is 7.64. The number of hydrogen-bond donors (Lipinski definition) is 1. The maximum atomic E-state index is 12.2. The lowest BCUT2D eigenvalue weighted by Gasteiger charge is -2.36. The molecule has 1 fully saturated rings. The average molecular weight is 330 g/mol. The Hall–Kier alpha value is -1.60. The van der Waals surface area contributed by atoms with Crippen LogP contribution in [0.25, 0.3) is 0 Å². The molecule has 1 unspecified atom stereocenters. The predicted molar refractivity (Wildman–Crippen MR) is 80.0 cm³/mol. The molecule has 1 saturated heterocycles. The van der Waals surface area contributed by atoms with E-state index in [4.69, 9.17) is 0 Å². The molecule has 1 aromatic rings. The SMILES string of the molecule is CCc1ccc(C2CNCCN2C(=O)COCC(F)(F)F)cc1. The number of benzene rings is 1. The van der Waals surface area contributed by atoms with Crippen molar-refractivity contribution >= 4 is 5.91 Å². The third-order valence-corrected chi connectivity index (χ3v) is 3.83. The largest absolute Gasteiger partial charge is 0.411 e. The van der Waals surface area contributed by atoms with Gasteiger partial charge in [-0.25, -0.2) is 0 Å². The summed E-state index contributed by atoms with van der Waals surface area (Å²) in [4.78, 5) is 13.8. The first-order valence-electron chi connectivity index (χ1n) is 7.64. The van der Waals surface area contributed by atoms with Crippen LogP contribution in [0.1, 0.15) is 24.1 Å². The third kappa shape index (κ3) is 5.21. The normalized spacial score (nSPS) is 19.0. The Morgan fingerprint density at radius 3 is 2.65 bits per heavy atom. The van der Waals surface area contributed by atoms with Gasteiger partial charge in [0.1, 0.15) is 13.2 Å². The Bertz CT molecular complexity index is 517. The van der Waals surface area contributed by atoms with Gasteiger partial charge >= 0.3 is 6.18 Å². The number of amides is 1. The summed E-state index contributed by atoms with van der Waals surface area (Å²) in [5, 5.41) is 3.21. The summed E-state index contributed by atoms with van der Waals surface area (Å²) in [7, 11) is 0. The minimum Gasteiger partial charge on any atom is -0.362 e. The van der Waals surface area contributed by atoms with Gasteiger partial charge < -0.3 is 15.0 Å². The van der Waals surface area contributed by atoms with E-state index in [0.29, 0.717) is 19.6 Å². The van der Waals surface area contributed by atoms with E-state index in [-0.39, 0.29) is 6.04 Å². The number of halogens is 3. The van der Waals surface area contributed by atoms with Gasteiger partial charge in [0.25, 0.3) is 0 Å². The van der Waals surface area contributed by atoms with Crippen molar-refractivity contribution in [1.82, 2.24) is 10.2 Å². The molecular formula is C16H21F3N2O2. The van der Waals surface area contributed by atoms with Gasteiger partial charge in [0.15, 0.2) is 0 Å². The average Bonchev–Trinajstić information content (AvgIpc) is 2.53. The van der Waals surface area contributed by atoms with E-state index in [2.05, 4.69) is 17.0 Å². The molecule has 128 valence electrons. The molecule has 1 amide bonds. The molecule has 0 spiro atoms. The Labute approximate surface area is 133 Å². The summed E-state index contributed by atoms with van der Waals surface area (Å²) in [5.74, 6) is -0.416. The Morgan fingerprint density at radius 2 is 2.04 bits per heavy atom. The maximum Gasteiger partial charge on any atom is 0.411 e. The van der Waals surface area contributed by atoms with Crippen LogP contribution >= 0.6 is 0 Å². The van der Waals surface area contributed by atoms with Gasteiger partial charge in [-0.05, 0) is 17.5 Å². The summed E-state index contributed by atoms with van der Waals surface area (Å²) < 4.78 is 40.8. The van der Waals surface area contributed by atoms with Gasteiger partial charge in [0.05, 0.1) is 6.04 Å². The van der Waals surface area contributed by atoms with E-state index < -0.39 is 25.3 Å². The molecule has 0 aliphatic carbocycles. The van der Waals surface area contributed by atoms with E-state index in [1.165, 1.54) is 5.56 Å². The molecule has 1 aromatic carbocycles. The van der Waals surface area contributed by atoms with Crippen molar-refractivity contribution in [3.63, 3.8) is 0 Å². The minimum absolute atomic E-state index is 0.184. The number of alkyl halides is 3. The third-order valence-electron chi connectivity index (χ3n) is 3.83. The second-order valence-corrected chi connectivity index (χ2v) is 5.51. The van der Waals surface area contributed by atoms with Crippen LogP contribution in [-0.4, -0.2) is 49.8 Å². The second-order valence-electron chi connectivity index (χ2n) is 5.51. The zero-order chi connectivity index (χ0) is 16.9. The van der Waals surface area contributed by atoms with Gasteiger partial charge in [0.2, 0.25) is 5.91 Å². The first kappa shape index (κ1) is 17.7. The van der Waals surface area contributed by atoms with E-state index in [1.54, 1.807) is 4.90 Å². The number of aryl methyl sites for hydroxylation is 1. The van der Waals surface area contributed by atoms with E-state index in [1.807, 2.05) is 24.3 Å². The van der Waals surface area contributed by atoms with Crippen LogP contribution in [0.4, 0.5) is 13.2 Å². The molecule has 0 saturated carbocycles. The highest BCUT2D eigenvalue weighted by molar-refractivity contribution is 5.78. The quantitative estimate of drug-likeness (QED) is 0.901. The molecule has 2 rings (SSSR count). The number of ether oxygens (including phenoxy) is 1. The minimum atomic E-state index is -4.42. The smallest absolute Gasteiger partial charge is 0.362 e. The van der Waals surface area contributed by atoms with Crippen LogP contribution < -0.4 is 5.32 Å². The van der Waals surface area contributed by atoms with Gasteiger partial charge in [0, 0.05) is 19.6 Å². The molecule has 7 heteroatoms. The van der Waals surface area contributed by atoms with Crippen molar-refractivity contribution in [3.8, 4) is 0 Å². The van der Waals surface area contributed by atoms with Crippen LogP contribution in [0, 0.1) is 0 Å². The zero-order valence-electron chi connectivity index (χ0n) is 13.0. The standard InChI is InChI=1S/C16H21F3N2O2/c1-2-12-3-5-13(6-4-12)14-9-20-7-8-21(14)15(22)10-23-11-16(17,18)19/h3-6,14,20H,2,7-11H2,1H3. The molecule has 4 nitrogen and oxygen atoms in total. The first-order chi connectivity index (χ1) is 10.9. The Morgan fingerprint density at radius 1 is 1.35 bits per heavy atom. The van der Waals surface area contributed by atoms with Crippen molar-refractivity contribution in [3.05, 3.63) is 35.4 Å². The lowest BCUT2D eigenvalue weighted by Crippen LogP contribution is -2.49. The second kappa shape index (κ2) is 7.79. The molecule has 0 aromatic heterocycles. The van der Waals surface area contributed by atoms with Crippen LogP contribution in [0.2, 0.25) is 0 Å². The fourth-order valence-corrected chi connectivity index (χ4v) is 2.61. The highest BCUT2D eigenvalue weighted by atomic mass is 19.4. The number of carbonyl (C=O) groups is 1. The summed E-state index contributed by atoms with van der Waals surface area (Å²) in [5.41, 5.74) is 2.17. The molecule has 1 heterocycles. The number of nitrogens with one attached hydrogen (secondary N) is 1. The molecule has 0 radical (unpaired) electrons. The number of nitrogens with zero attached hydrogens (tertiary/aromatic N) is 1. The number of rotatable bonds is 5. The fraction of sp³-hybridized carbons (Fsp3) is 0.562. The summed E-state index contributed by atoms with van der Waals surface area (Å²) in [6, 6.07) is 7.76. The molecule has 1 aliphatic heterocycles. The van der Waals surface area contributed by atoms with Gasteiger partial charge in [-0.2, -0.15) is 13.2 Å². The number of piperazine rings is 1. The molecule has 1 atom stereocenters. The predicted octanol–water partition coefficient (Wildman–Crippen LogP) is 2.30. The molecule has 1 N–H and O–H groups in total. The summed E-state index contributed by atoms with van der Waals surface area (Å²) in [6.45, 7) is 1.76. The molecule has 1 aliphatic rings. The molecule has 23 heavy (non-hydrogen) atoms. The topological polar surface area (TPSA) is 41.6 Å². The van der Waals surface area contributed by atoms with Crippen molar-refractivity contribution in [2.24, 2.45) is 0 Å².